The van der Waals surface area contributed by atoms with Gasteiger partial charge in [0.25, 0.3) is 0 Å². The minimum absolute atomic E-state index is 0.420. The second kappa shape index (κ2) is 6.21. The molecule has 0 amide bonds. The number of carboxylic acid groups (broad SMARTS) is 1. The van der Waals surface area contributed by atoms with Crippen LogP contribution in [-0.4, -0.2) is 48.2 Å². The lowest BCUT2D eigenvalue weighted by molar-refractivity contribution is -0.139. The molecule has 1 rings (SSSR count). The first-order valence-corrected chi connectivity index (χ1v) is 6.23. The minimum atomic E-state index is -0.741. The number of carboxylic acids is 1. The van der Waals surface area contributed by atoms with Crippen LogP contribution in [0.15, 0.2) is 0 Å². The van der Waals surface area contributed by atoms with Gasteiger partial charge in [-0.05, 0) is 31.3 Å². The van der Waals surface area contributed by atoms with Crippen LogP contribution in [0.4, 0.5) is 0 Å². The fourth-order valence-corrected chi connectivity index (χ4v) is 2.31. The molecule has 0 radical (unpaired) electrons. The smallest absolute Gasteiger partial charge is 0.322 e. The Morgan fingerprint density at radius 2 is 2.25 bits per heavy atom. The predicted octanol–water partition coefficient (Wildman–Crippen LogP) is 1.03. The Balaban J connectivity index is 2.39. The van der Waals surface area contributed by atoms with E-state index in [1.54, 1.807) is 0 Å². The normalized spacial score (nSPS) is 23.9. The van der Waals surface area contributed by atoms with E-state index in [0.717, 1.165) is 19.0 Å². The van der Waals surface area contributed by atoms with Crippen LogP contribution < -0.4 is 5.32 Å². The first-order chi connectivity index (χ1) is 7.54. The average Bonchev–Trinajstić information content (AvgIpc) is 2.65. The van der Waals surface area contributed by atoms with Gasteiger partial charge < -0.3 is 15.3 Å². The van der Waals surface area contributed by atoms with Gasteiger partial charge in [-0.3, -0.25) is 4.79 Å². The quantitative estimate of drug-likeness (QED) is 0.713. The number of rotatable bonds is 6. The fraction of sp³-hybridized carbons (Fsp3) is 0.917. The highest BCUT2D eigenvalue weighted by Gasteiger charge is 2.28. The van der Waals surface area contributed by atoms with E-state index in [1.165, 1.54) is 6.42 Å². The van der Waals surface area contributed by atoms with Gasteiger partial charge in [0.2, 0.25) is 0 Å². The first kappa shape index (κ1) is 13.5. The Labute approximate surface area is 98.0 Å². The van der Waals surface area contributed by atoms with Gasteiger partial charge in [0.1, 0.15) is 6.04 Å². The monoisotopic (exact) mass is 228 g/mol. The Hall–Kier alpha value is -0.610. The van der Waals surface area contributed by atoms with Crippen LogP contribution in [0, 0.1) is 11.8 Å². The minimum Gasteiger partial charge on any atom is -0.480 e. The van der Waals surface area contributed by atoms with E-state index in [1.807, 2.05) is 6.92 Å². The van der Waals surface area contributed by atoms with E-state index in [4.69, 9.17) is 5.11 Å². The van der Waals surface area contributed by atoms with Gasteiger partial charge in [0.05, 0.1) is 0 Å². The van der Waals surface area contributed by atoms with Crippen LogP contribution in [-0.2, 0) is 4.79 Å². The zero-order valence-corrected chi connectivity index (χ0v) is 10.6. The predicted molar refractivity (Wildman–Crippen MR) is 64.5 cm³/mol. The van der Waals surface area contributed by atoms with Crippen LogP contribution in [0.3, 0.4) is 0 Å². The lowest BCUT2D eigenvalue weighted by atomic mass is 9.95. The molecule has 1 aliphatic heterocycles. The number of likely N-dealkylation sites (N-methyl/N-ethyl adjacent to an activating group) is 1. The maximum absolute atomic E-state index is 11.0. The molecule has 0 bridgehead atoms. The topological polar surface area (TPSA) is 52.6 Å². The van der Waals surface area contributed by atoms with E-state index < -0.39 is 12.0 Å². The average molecular weight is 228 g/mol. The fourth-order valence-electron chi connectivity index (χ4n) is 2.31. The summed E-state index contributed by atoms with van der Waals surface area (Å²) < 4.78 is 0. The van der Waals surface area contributed by atoms with E-state index in [0.29, 0.717) is 19.0 Å². The van der Waals surface area contributed by atoms with Crippen LogP contribution in [0.2, 0.25) is 0 Å². The maximum Gasteiger partial charge on any atom is 0.322 e. The molecule has 16 heavy (non-hydrogen) atoms. The Bertz CT molecular complexity index is 231. The molecule has 1 fully saturated rings. The molecule has 0 saturated carbocycles. The number of hydrogen-bond donors (Lipinski definition) is 2. The SMILES string of the molecule is CCNC(CN1CCC(C(C)C)C1)C(=O)O. The van der Waals surface area contributed by atoms with Gasteiger partial charge >= 0.3 is 5.97 Å². The summed E-state index contributed by atoms with van der Waals surface area (Å²) >= 11 is 0. The van der Waals surface area contributed by atoms with Crippen LogP contribution in [0.1, 0.15) is 27.2 Å². The van der Waals surface area contributed by atoms with Crippen molar-refractivity contribution in [3.8, 4) is 0 Å². The summed E-state index contributed by atoms with van der Waals surface area (Å²) in [4.78, 5) is 13.3. The first-order valence-electron chi connectivity index (χ1n) is 6.23. The van der Waals surface area contributed by atoms with Crippen molar-refractivity contribution in [3.63, 3.8) is 0 Å². The lowest BCUT2D eigenvalue weighted by Gasteiger charge is -2.22. The zero-order valence-electron chi connectivity index (χ0n) is 10.6. The molecule has 1 saturated heterocycles. The van der Waals surface area contributed by atoms with Crippen molar-refractivity contribution in [2.45, 2.75) is 33.2 Å². The maximum atomic E-state index is 11.0. The third-order valence-electron chi connectivity index (χ3n) is 3.44. The number of nitrogens with zero attached hydrogens (tertiary/aromatic N) is 1. The highest BCUT2D eigenvalue weighted by Crippen LogP contribution is 2.23. The second-order valence-corrected chi connectivity index (χ2v) is 5.00. The highest BCUT2D eigenvalue weighted by atomic mass is 16.4. The van der Waals surface area contributed by atoms with E-state index in [2.05, 4.69) is 24.1 Å². The van der Waals surface area contributed by atoms with Gasteiger partial charge in [0.15, 0.2) is 0 Å². The standard InChI is InChI=1S/C12H24N2O2/c1-4-13-11(12(15)16)8-14-6-5-10(7-14)9(2)3/h9-11,13H,4-8H2,1-3H3,(H,15,16). The molecule has 94 valence electrons. The highest BCUT2D eigenvalue weighted by molar-refractivity contribution is 5.73. The van der Waals surface area contributed by atoms with Crippen LogP contribution in [0.5, 0.6) is 0 Å². The van der Waals surface area contributed by atoms with Crippen molar-refractivity contribution in [1.29, 1.82) is 0 Å². The van der Waals surface area contributed by atoms with Crippen molar-refractivity contribution in [2.24, 2.45) is 11.8 Å². The summed E-state index contributed by atoms with van der Waals surface area (Å²) in [5.74, 6) is 0.693. The molecule has 4 nitrogen and oxygen atoms in total. The van der Waals surface area contributed by atoms with Crippen molar-refractivity contribution in [1.82, 2.24) is 10.2 Å². The summed E-state index contributed by atoms with van der Waals surface area (Å²) in [6, 6.07) is -0.420. The molecule has 4 heteroatoms. The number of aliphatic carboxylic acids is 1. The molecule has 1 aliphatic rings. The molecular weight excluding hydrogens is 204 g/mol. The molecule has 2 N–H and O–H groups in total. The molecule has 1 heterocycles. The third kappa shape index (κ3) is 3.76. The zero-order chi connectivity index (χ0) is 12.1. The summed E-state index contributed by atoms with van der Waals surface area (Å²) in [6.45, 7) is 9.85. The van der Waals surface area contributed by atoms with Gasteiger partial charge in [-0.15, -0.1) is 0 Å². The molecule has 0 aromatic rings. The Morgan fingerprint density at radius 3 is 2.69 bits per heavy atom. The Kier molecular flexibility index (Phi) is 5.22. The van der Waals surface area contributed by atoms with Crippen molar-refractivity contribution >= 4 is 5.97 Å². The van der Waals surface area contributed by atoms with E-state index >= 15 is 0 Å². The number of likely N-dealkylation sites (tertiary alicyclic amines) is 1. The second-order valence-electron chi connectivity index (χ2n) is 5.00. The molecule has 0 spiro atoms. The van der Waals surface area contributed by atoms with Crippen molar-refractivity contribution in [3.05, 3.63) is 0 Å². The van der Waals surface area contributed by atoms with Crippen molar-refractivity contribution in [2.75, 3.05) is 26.2 Å². The summed E-state index contributed by atoms with van der Waals surface area (Å²) in [6.07, 6.45) is 1.20. The van der Waals surface area contributed by atoms with Gasteiger partial charge in [-0.1, -0.05) is 20.8 Å². The summed E-state index contributed by atoms with van der Waals surface area (Å²) in [5.41, 5.74) is 0. The van der Waals surface area contributed by atoms with Gasteiger partial charge in [0, 0.05) is 13.1 Å². The molecular formula is C12H24N2O2. The van der Waals surface area contributed by atoms with Crippen LogP contribution in [0.25, 0.3) is 0 Å². The molecule has 0 aromatic heterocycles. The molecule has 0 aliphatic carbocycles. The van der Waals surface area contributed by atoms with Gasteiger partial charge in [-0.2, -0.15) is 0 Å². The lowest BCUT2D eigenvalue weighted by Crippen LogP contribution is -2.45. The molecule has 0 aromatic carbocycles. The summed E-state index contributed by atoms with van der Waals surface area (Å²) in [5, 5.41) is 12.1. The Morgan fingerprint density at radius 1 is 1.56 bits per heavy atom. The van der Waals surface area contributed by atoms with E-state index in [9.17, 15) is 4.79 Å². The summed E-state index contributed by atoms with van der Waals surface area (Å²) in [7, 11) is 0. The third-order valence-corrected chi connectivity index (χ3v) is 3.44. The van der Waals surface area contributed by atoms with Crippen molar-refractivity contribution < 1.29 is 9.90 Å². The molecule has 2 unspecified atom stereocenters. The number of carbonyl (C=O) groups is 1. The van der Waals surface area contributed by atoms with Crippen LogP contribution >= 0.6 is 0 Å². The molecule has 2 atom stereocenters. The largest absolute Gasteiger partial charge is 0.480 e. The van der Waals surface area contributed by atoms with E-state index in [-0.39, 0.29) is 0 Å². The number of hydrogen-bond acceptors (Lipinski definition) is 3. The number of nitrogens with one attached hydrogen (secondary N) is 1. The van der Waals surface area contributed by atoms with Gasteiger partial charge in [-0.25, -0.2) is 0 Å².